The molecule has 2 rings (SSSR count). The molecule has 142 valence electrons. The van der Waals surface area contributed by atoms with Crippen molar-refractivity contribution in [1.29, 1.82) is 0 Å². The number of amides is 1. The van der Waals surface area contributed by atoms with Gasteiger partial charge in [0.25, 0.3) is 0 Å². The van der Waals surface area contributed by atoms with Gasteiger partial charge in [-0.3, -0.25) is 5.32 Å². The number of hydrogen-bond donors (Lipinski definition) is 2. The van der Waals surface area contributed by atoms with Crippen LogP contribution in [-0.2, 0) is 4.74 Å². The lowest BCUT2D eigenvalue weighted by Crippen LogP contribution is -2.32. The van der Waals surface area contributed by atoms with Gasteiger partial charge >= 0.3 is 6.09 Å². The number of halogens is 1. The molecule has 0 aliphatic rings. The summed E-state index contributed by atoms with van der Waals surface area (Å²) in [7, 11) is 0. The molecule has 1 amide bonds. The van der Waals surface area contributed by atoms with Gasteiger partial charge in [0.2, 0.25) is 0 Å². The van der Waals surface area contributed by atoms with Crippen LogP contribution in [0, 0.1) is 6.92 Å². The minimum atomic E-state index is -0.613. The molecule has 2 N–H and O–H groups in total. The fourth-order valence-corrected chi connectivity index (χ4v) is 3.12. The normalized spacial score (nSPS) is 12.5. The molecule has 0 aromatic carbocycles. The molecular formula is C18H23ClN2O4S. The lowest BCUT2D eigenvalue weighted by molar-refractivity contribution is 0.0543. The van der Waals surface area contributed by atoms with Gasteiger partial charge in [-0.15, -0.1) is 11.8 Å². The number of alkyl carbamates (subject to hydrolysis) is 1. The second kappa shape index (κ2) is 8.33. The first-order valence-corrected chi connectivity index (χ1v) is 9.70. The lowest BCUT2D eigenvalue weighted by atomic mass is 10.2. The highest BCUT2D eigenvalue weighted by Gasteiger charge is 2.19. The lowest BCUT2D eigenvalue weighted by Gasteiger charge is -2.20. The van der Waals surface area contributed by atoms with E-state index in [1.165, 1.54) is 11.8 Å². The Balaban J connectivity index is 2.40. The summed E-state index contributed by atoms with van der Waals surface area (Å²) in [5.41, 5.74) is 2.00. The Labute approximate surface area is 161 Å². The Hall–Kier alpha value is -1.70. The number of hydrogen-bond acceptors (Lipinski definition) is 6. The van der Waals surface area contributed by atoms with Gasteiger partial charge in [-0.05, 0) is 40.0 Å². The van der Waals surface area contributed by atoms with E-state index < -0.39 is 11.7 Å². The Kier molecular flexibility index (Phi) is 6.60. The molecular weight excluding hydrogens is 376 g/mol. The molecule has 0 atom stereocenters. The third kappa shape index (κ3) is 5.16. The predicted molar refractivity (Wildman–Crippen MR) is 105 cm³/mol. The van der Waals surface area contributed by atoms with Crippen LogP contribution in [0.2, 0.25) is 5.15 Å². The summed E-state index contributed by atoms with van der Waals surface area (Å²) in [4.78, 5) is 17.2. The number of aromatic nitrogens is 1. The van der Waals surface area contributed by atoms with Crippen molar-refractivity contribution in [2.45, 2.75) is 44.6 Å². The largest absolute Gasteiger partial charge is 0.453 e. The summed E-state index contributed by atoms with van der Waals surface area (Å²) < 4.78 is 11.2. The fraction of sp³-hybridized carbons (Fsp3) is 0.444. The van der Waals surface area contributed by atoms with Crippen LogP contribution in [0.3, 0.4) is 0 Å². The molecule has 2 heterocycles. The number of ether oxygens (including phenoxy) is 1. The van der Waals surface area contributed by atoms with Gasteiger partial charge in [-0.2, -0.15) is 0 Å². The van der Waals surface area contributed by atoms with Crippen LogP contribution in [0.5, 0.6) is 0 Å². The van der Waals surface area contributed by atoms with Crippen LogP contribution in [0.15, 0.2) is 21.1 Å². The van der Waals surface area contributed by atoms with Gasteiger partial charge in [0, 0.05) is 30.4 Å². The van der Waals surface area contributed by atoms with Crippen LogP contribution in [0.4, 0.5) is 4.79 Å². The number of carbonyl (C=O) groups excluding carboxylic acids is 1. The third-order valence-corrected chi connectivity index (χ3v) is 4.35. The molecule has 0 fully saturated rings. The average molecular weight is 399 g/mol. The molecule has 6 nitrogen and oxygen atoms in total. The van der Waals surface area contributed by atoms with E-state index in [0.717, 1.165) is 10.5 Å². The SMILES string of the molecule is CSc1cc(Cl)nc2c(C)c(/C=C(\CCO)NC(=O)OC(C)(C)C)oc12. The van der Waals surface area contributed by atoms with Gasteiger partial charge in [0.1, 0.15) is 22.0 Å². The number of pyridine rings is 1. The molecule has 0 unspecified atom stereocenters. The molecule has 0 saturated heterocycles. The average Bonchev–Trinajstić information content (AvgIpc) is 2.81. The number of nitrogens with one attached hydrogen (secondary N) is 1. The Morgan fingerprint density at radius 2 is 2.19 bits per heavy atom. The minimum absolute atomic E-state index is 0.124. The van der Waals surface area contributed by atoms with E-state index in [1.807, 2.05) is 13.2 Å². The Bertz CT molecular complexity index is 840. The monoisotopic (exact) mass is 398 g/mol. The summed E-state index contributed by atoms with van der Waals surface area (Å²) in [6.07, 6.45) is 3.27. The zero-order chi connectivity index (χ0) is 19.5. The zero-order valence-electron chi connectivity index (χ0n) is 15.5. The topological polar surface area (TPSA) is 84.6 Å². The highest BCUT2D eigenvalue weighted by Crippen LogP contribution is 2.34. The van der Waals surface area contributed by atoms with E-state index in [4.69, 9.17) is 20.8 Å². The molecule has 0 bridgehead atoms. The quantitative estimate of drug-likeness (QED) is 0.558. The summed E-state index contributed by atoms with van der Waals surface area (Å²) in [6, 6.07) is 1.75. The van der Waals surface area contributed by atoms with Crippen LogP contribution < -0.4 is 5.32 Å². The molecule has 26 heavy (non-hydrogen) atoms. The van der Waals surface area contributed by atoms with E-state index in [2.05, 4.69) is 10.3 Å². The number of fused-ring (bicyclic) bond motifs is 1. The standard InChI is InChI=1S/C18H23ClN2O4S/c1-10-12(24-16-13(26-5)9-14(19)21-15(10)16)8-11(6-7-22)20-17(23)25-18(2,3)4/h8-9,22H,6-7H2,1-5H3,(H,20,23)/b11-8+. The minimum Gasteiger partial charge on any atom is -0.453 e. The van der Waals surface area contributed by atoms with Gasteiger partial charge in [-0.25, -0.2) is 9.78 Å². The van der Waals surface area contributed by atoms with E-state index >= 15 is 0 Å². The number of carbonyl (C=O) groups is 1. The maximum atomic E-state index is 12.0. The number of rotatable bonds is 5. The van der Waals surface area contributed by atoms with Crippen molar-refractivity contribution in [2.24, 2.45) is 0 Å². The first-order valence-electron chi connectivity index (χ1n) is 8.09. The van der Waals surface area contributed by atoms with E-state index in [9.17, 15) is 9.90 Å². The van der Waals surface area contributed by atoms with Crippen molar-refractivity contribution in [3.63, 3.8) is 0 Å². The summed E-state index contributed by atoms with van der Waals surface area (Å²) in [5, 5.41) is 12.3. The molecule has 0 spiro atoms. The van der Waals surface area contributed by atoms with Crippen LogP contribution in [-0.4, -0.2) is 34.6 Å². The van der Waals surface area contributed by atoms with Gasteiger partial charge in [-0.1, -0.05) is 11.6 Å². The summed E-state index contributed by atoms with van der Waals surface area (Å²) in [6.45, 7) is 7.09. The number of nitrogens with zero attached hydrogens (tertiary/aromatic N) is 1. The molecule has 2 aromatic rings. The van der Waals surface area contributed by atoms with Crippen LogP contribution in [0.1, 0.15) is 38.5 Å². The first-order chi connectivity index (χ1) is 12.1. The number of aliphatic hydroxyl groups excluding tert-OH is 1. The Morgan fingerprint density at radius 3 is 2.77 bits per heavy atom. The first kappa shape index (κ1) is 20.6. The number of furan rings is 1. The zero-order valence-corrected chi connectivity index (χ0v) is 17.0. The smallest absolute Gasteiger partial charge is 0.411 e. The van der Waals surface area contributed by atoms with Crippen molar-refractivity contribution in [3.05, 3.63) is 28.2 Å². The molecule has 0 saturated carbocycles. The molecule has 0 aliphatic heterocycles. The number of aryl methyl sites for hydroxylation is 1. The van der Waals surface area contributed by atoms with Crippen LogP contribution in [0.25, 0.3) is 17.2 Å². The maximum Gasteiger partial charge on any atom is 0.411 e. The van der Waals surface area contributed by atoms with Crippen molar-refractivity contribution < 1.29 is 19.1 Å². The third-order valence-electron chi connectivity index (χ3n) is 3.41. The van der Waals surface area contributed by atoms with E-state index in [1.54, 1.807) is 32.9 Å². The summed E-state index contributed by atoms with van der Waals surface area (Å²) >= 11 is 7.59. The number of aliphatic hydroxyl groups is 1. The van der Waals surface area contributed by atoms with Crippen molar-refractivity contribution in [3.8, 4) is 0 Å². The van der Waals surface area contributed by atoms with Gasteiger partial charge in [0.15, 0.2) is 5.58 Å². The highest BCUT2D eigenvalue weighted by atomic mass is 35.5. The summed E-state index contributed by atoms with van der Waals surface area (Å²) in [5.74, 6) is 0.546. The van der Waals surface area contributed by atoms with E-state index in [-0.39, 0.29) is 13.0 Å². The van der Waals surface area contributed by atoms with Gasteiger partial charge in [0.05, 0.1) is 4.90 Å². The molecule has 8 heteroatoms. The number of thioether (sulfide) groups is 1. The second-order valence-electron chi connectivity index (χ2n) is 6.69. The fourth-order valence-electron chi connectivity index (χ4n) is 2.31. The van der Waals surface area contributed by atoms with Crippen molar-refractivity contribution in [1.82, 2.24) is 10.3 Å². The van der Waals surface area contributed by atoms with E-state index in [0.29, 0.717) is 27.7 Å². The molecule has 0 aliphatic carbocycles. The molecule has 2 aromatic heterocycles. The predicted octanol–water partition coefficient (Wildman–Crippen LogP) is 4.76. The van der Waals surface area contributed by atoms with Gasteiger partial charge < -0.3 is 14.3 Å². The Morgan fingerprint density at radius 1 is 1.50 bits per heavy atom. The highest BCUT2D eigenvalue weighted by molar-refractivity contribution is 7.98. The van der Waals surface area contributed by atoms with Crippen molar-refractivity contribution >= 4 is 46.6 Å². The van der Waals surface area contributed by atoms with Crippen molar-refractivity contribution in [2.75, 3.05) is 12.9 Å². The second-order valence-corrected chi connectivity index (χ2v) is 7.92. The molecule has 0 radical (unpaired) electrons. The maximum absolute atomic E-state index is 12.0. The van der Waals surface area contributed by atoms with Crippen LogP contribution >= 0.6 is 23.4 Å².